The van der Waals surface area contributed by atoms with E-state index < -0.39 is 0 Å². The van der Waals surface area contributed by atoms with Crippen molar-refractivity contribution in [1.82, 2.24) is 10.4 Å². The van der Waals surface area contributed by atoms with Crippen molar-refractivity contribution in [2.75, 3.05) is 0 Å². The topological polar surface area (TPSA) is 50.9 Å². The van der Waals surface area contributed by atoms with Gasteiger partial charge in [0, 0.05) is 11.6 Å². The number of hydrogen-bond acceptors (Lipinski definition) is 3. The number of aryl methyl sites for hydroxylation is 1. The van der Waals surface area contributed by atoms with Crippen LogP contribution in [0.1, 0.15) is 22.7 Å². The Morgan fingerprint density at radius 1 is 1.10 bits per heavy atom. The maximum Gasteiger partial charge on any atom is 0.0704 e. The average molecular weight is 277 g/mol. The number of aromatic nitrogens is 1. The van der Waals surface area contributed by atoms with Crippen molar-refractivity contribution < 1.29 is 0 Å². The molecule has 3 heteroatoms. The number of fused-ring (bicyclic) bond motifs is 1. The average Bonchev–Trinajstić information content (AvgIpc) is 2.52. The Hall–Kier alpha value is -2.23. The summed E-state index contributed by atoms with van der Waals surface area (Å²) in [5.74, 6) is 5.78. The summed E-state index contributed by atoms with van der Waals surface area (Å²) in [7, 11) is 0. The van der Waals surface area contributed by atoms with E-state index in [0.717, 1.165) is 11.9 Å². The van der Waals surface area contributed by atoms with Crippen LogP contribution in [0.5, 0.6) is 0 Å². The molecule has 1 heterocycles. The fourth-order valence-corrected chi connectivity index (χ4v) is 2.71. The second kappa shape index (κ2) is 6.04. The Balaban J connectivity index is 1.96. The molecule has 3 rings (SSSR count). The Kier molecular flexibility index (Phi) is 3.95. The molecule has 0 bridgehead atoms. The highest BCUT2D eigenvalue weighted by Gasteiger charge is 2.12. The first-order chi connectivity index (χ1) is 10.3. The van der Waals surface area contributed by atoms with E-state index in [-0.39, 0.29) is 6.04 Å². The smallest absolute Gasteiger partial charge is 0.0704 e. The quantitative estimate of drug-likeness (QED) is 0.568. The Bertz CT molecular complexity index is 747. The summed E-state index contributed by atoms with van der Waals surface area (Å²) in [5, 5.41) is 1.19. The number of hydrazine groups is 1. The summed E-state index contributed by atoms with van der Waals surface area (Å²) in [4.78, 5) is 4.41. The van der Waals surface area contributed by atoms with E-state index in [1.54, 1.807) is 0 Å². The molecule has 1 atom stereocenters. The molecule has 0 fully saturated rings. The first kappa shape index (κ1) is 13.7. The standard InChI is InChI=1S/C18H19N3/c1-13-5-4-6-15(11-13)18(21-19)12-14-9-10-20-17-8-3-2-7-16(14)17/h2-11,18,21H,12,19H2,1H3. The molecule has 0 saturated heterocycles. The van der Waals surface area contributed by atoms with Gasteiger partial charge in [0.25, 0.3) is 0 Å². The largest absolute Gasteiger partial charge is 0.271 e. The van der Waals surface area contributed by atoms with Gasteiger partial charge in [0.2, 0.25) is 0 Å². The highest BCUT2D eigenvalue weighted by atomic mass is 15.2. The molecule has 0 aliphatic rings. The second-order valence-electron chi connectivity index (χ2n) is 5.32. The summed E-state index contributed by atoms with van der Waals surface area (Å²) in [5.41, 5.74) is 7.67. The molecule has 21 heavy (non-hydrogen) atoms. The molecule has 3 aromatic rings. The molecule has 1 aromatic heterocycles. The van der Waals surface area contributed by atoms with Crippen molar-refractivity contribution in [3.8, 4) is 0 Å². The molecule has 3 nitrogen and oxygen atoms in total. The predicted molar refractivity (Wildman–Crippen MR) is 86.7 cm³/mol. The van der Waals surface area contributed by atoms with Gasteiger partial charge in [-0.1, -0.05) is 48.0 Å². The first-order valence-corrected chi connectivity index (χ1v) is 7.13. The number of hydrogen-bond donors (Lipinski definition) is 2. The number of rotatable bonds is 4. The van der Waals surface area contributed by atoms with E-state index in [2.05, 4.69) is 53.7 Å². The molecule has 106 valence electrons. The Morgan fingerprint density at radius 3 is 2.76 bits per heavy atom. The van der Waals surface area contributed by atoms with Crippen molar-refractivity contribution in [3.63, 3.8) is 0 Å². The SMILES string of the molecule is Cc1cccc(C(Cc2ccnc3ccccc23)NN)c1. The van der Waals surface area contributed by atoms with Crippen molar-refractivity contribution in [2.24, 2.45) is 5.84 Å². The summed E-state index contributed by atoms with van der Waals surface area (Å²) >= 11 is 0. The molecule has 0 spiro atoms. The minimum Gasteiger partial charge on any atom is -0.271 e. The van der Waals surface area contributed by atoms with Crippen LogP contribution < -0.4 is 11.3 Å². The van der Waals surface area contributed by atoms with Crippen LogP contribution in [-0.2, 0) is 6.42 Å². The third-order valence-corrected chi connectivity index (χ3v) is 3.81. The zero-order valence-corrected chi connectivity index (χ0v) is 12.1. The maximum atomic E-state index is 5.78. The van der Waals surface area contributed by atoms with E-state index in [1.807, 2.05) is 24.4 Å². The normalized spacial score (nSPS) is 12.5. The highest BCUT2D eigenvalue weighted by Crippen LogP contribution is 2.23. The van der Waals surface area contributed by atoms with Crippen molar-refractivity contribution in [2.45, 2.75) is 19.4 Å². The van der Waals surface area contributed by atoms with Crippen LogP contribution in [0.25, 0.3) is 10.9 Å². The van der Waals surface area contributed by atoms with E-state index in [9.17, 15) is 0 Å². The van der Waals surface area contributed by atoms with E-state index in [1.165, 1.54) is 22.1 Å². The third-order valence-electron chi connectivity index (χ3n) is 3.81. The minimum atomic E-state index is 0.0932. The lowest BCUT2D eigenvalue weighted by Crippen LogP contribution is -2.29. The monoisotopic (exact) mass is 277 g/mol. The fraction of sp³-hybridized carbons (Fsp3) is 0.167. The molecule has 0 aliphatic heterocycles. The molecule has 0 amide bonds. The summed E-state index contributed by atoms with van der Waals surface area (Å²) in [6, 6.07) is 18.8. The predicted octanol–water partition coefficient (Wildman–Crippen LogP) is 3.29. The van der Waals surface area contributed by atoms with Crippen molar-refractivity contribution in [1.29, 1.82) is 0 Å². The van der Waals surface area contributed by atoms with Crippen LogP contribution in [0.2, 0.25) is 0 Å². The fourth-order valence-electron chi connectivity index (χ4n) is 2.71. The number of nitrogens with zero attached hydrogens (tertiary/aromatic N) is 1. The zero-order valence-electron chi connectivity index (χ0n) is 12.1. The van der Waals surface area contributed by atoms with Crippen molar-refractivity contribution in [3.05, 3.63) is 77.5 Å². The summed E-state index contributed by atoms with van der Waals surface area (Å²) < 4.78 is 0. The van der Waals surface area contributed by atoms with Gasteiger partial charge in [0.05, 0.1) is 11.6 Å². The molecule has 0 aliphatic carbocycles. The van der Waals surface area contributed by atoms with Crippen molar-refractivity contribution >= 4 is 10.9 Å². The van der Waals surface area contributed by atoms with Gasteiger partial charge in [-0.3, -0.25) is 16.3 Å². The van der Waals surface area contributed by atoms with Crippen LogP contribution in [0.3, 0.4) is 0 Å². The van der Waals surface area contributed by atoms with Crippen LogP contribution in [-0.4, -0.2) is 4.98 Å². The molecule has 3 N–H and O–H groups in total. The van der Waals surface area contributed by atoms with Gasteiger partial charge in [-0.15, -0.1) is 0 Å². The van der Waals surface area contributed by atoms with Gasteiger partial charge in [-0.05, 0) is 36.6 Å². The molecule has 0 saturated carbocycles. The summed E-state index contributed by atoms with van der Waals surface area (Å²) in [6.45, 7) is 2.10. The maximum absolute atomic E-state index is 5.78. The summed E-state index contributed by atoms with van der Waals surface area (Å²) in [6.07, 6.45) is 2.70. The number of nitrogens with two attached hydrogens (primary N) is 1. The van der Waals surface area contributed by atoms with E-state index in [4.69, 9.17) is 5.84 Å². The number of pyridine rings is 1. The van der Waals surface area contributed by atoms with Crippen LogP contribution in [0, 0.1) is 6.92 Å². The Labute approximate surface area is 124 Å². The molecule has 1 unspecified atom stereocenters. The molecular weight excluding hydrogens is 258 g/mol. The van der Waals surface area contributed by atoms with Crippen LogP contribution in [0.4, 0.5) is 0 Å². The van der Waals surface area contributed by atoms with Gasteiger partial charge in [0.1, 0.15) is 0 Å². The van der Waals surface area contributed by atoms with Gasteiger partial charge < -0.3 is 0 Å². The van der Waals surface area contributed by atoms with E-state index >= 15 is 0 Å². The number of nitrogens with one attached hydrogen (secondary N) is 1. The molecule has 2 aromatic carbocycles. The van der Waals surface area contributed by atoms with Gasteiger partial charge >= 0.3 is 0 Å². The van der Waals surface area contributed by atoms with E-state index in [0.29, 0.717) is 0 Å². The van der Waals surface area contributed by atoms with Gasteiger partial charge in [0.15, 0.2) is 0 Å². The van der Waals surface area contributed by atoms with Gasteiger partial charge in [-0.2, -0.15) is 0 Å². The number of benzene rings is 2. The number of para-hydroxylation sites is 1. The van der Waals surface area contributed by atoms with Crippen LogP contribution >= 0.6 is 0 Å². The lowest BCUT2D eigenvalue weighted by molar-refractivity contribution is 0.553. The minimum absolute atomic E-state index is 0.0932. The zero-order chi connectivity index (χ0) is 14.7. The Morgan fingerprint density at radius 2 is 1.95 bits per heavy atom. The lowest BCUT2D eigenvalue weighted by atomic mass is 9.96. The second-order valence-corrected chi connectivity index (χ2v) is 5.32. The first-order valence-electron chi connectivity index (χ1n) is 7.13. The lowest BCUT2D eigenvalue weighted by Gasteiger charge is -2.18. The molecular formula is C18H19N3. The highest BCUT2D eigenvalue weighted by molar-refractivity contribution is 5.81. The van der Waals surface area contributed by atoms with Gasteiger partial charge in [-0.25, -0.2) is 0 Å². The molecule has 0 radical (unpaired) electrons. The third kappa shape index (κ3) is 2.94. The van der Waals surface area contributed by atoms with Crippen LogP contribution in [0.15, 0.2) is 60.8 Å².